The number of carbonyl (C=O) groups is 1. The first-order chi connectivity index (χ1) is 13.9. The molecule has 152 valence electrons. The van der Waals surface area contributed by atoms with E-state index in [2.05, 4.69) is 15.6 Å². The third kappa shape index (κ3) is 4.74. The highest BCUT2D eigenvalue weighted by Crippen LogP contribution is 2.29. The first kappa shape index (κ1) is 20.4. The lowest BCUT2D eigenvalue weighted by atomic mass is 10.1. The highest BCUT2D eigenvalue weighted by atomic mass is 16.6. The van der Waals surface area contributed by atoms with Crippen LogP contribution in [-0.4, -0.2) is 28.9 Å². The van der Waals surface area contributed by atoms with Crippen molar-refractivity contribution in [2.24, 2.45) is 0 Å². The molecule has 3 aromatic rings. The Morgan fingerprint density at radius 1 is 1.07 bits per heavy atom. The van der Waals surface area contributed by atoms with Crippen LogP contribution >= 0.6 is 0 Å². The third-order valence-corrected chi connectivity index (χ3v) is 4.64. The fourth-order valence-electron chi connectivity index (χ4n) is 2.84. The standard InChI is InChI=1S/C22H25N3O4/c1-6-27-19-10-8-17(11-15(19)4)20-21(25-29-24-20)23-22(26)16(5)28-18-9-7-13(2)14(3)12-18/h7-12,16H,6H2,1-5H3,(H,23,25,26). The second-order valence-electron chi connectivity index (χ2n) is 6.87. The van der Waals surface area contributed by atoms with Gasteiger partial charge < -0.3 is 14.8 Å². The molecule has 0 radical (unpaired) electrons. The van der Waals surface area contributed by atoms with Gasteiger partial charge in [0.25, 0.3) is 5.91 Å². The van der Waals surface area contributed by atoms with Crippen LogP contribution in [0.2, 0.25) is 0 Å². The van der Waals surface area contributed by atoms with Crippen molar-refractivity contribution in [3.05, 3.63) is 53.1 Å². The molecule has 1 atom stereocenters. The molecule has 0 aliphatic rings. The Morgan fingerprint density at radius 3 is 2.55 bits per heavy atom. The van der Waals surface area contributed by atoms with Gasteiger partial charge in [-0.25, -0.2) is 4.63 Å². The molecule has 0 aliphatic carbocycles. The summed E-state index contributed by atoms with van der Waals surface area (Å²) in [6.45, 7) is 10.2. The molecular weight excluding hydrogens is 370 g/mol. The summed E-state index contributed by atoms with van der Waals surface area (Å²) in [6, 6.07) is 11.3. The van der Waals surface area contributed by atoms with Crippen LogP contribution in [0, 0.1) is 20.8 Å². The van der Waals surface area contributed by atoms with E-state index in [-0.39, 0.29) is 11.7 Å². The number of hydrogen-bond acceptors (Lipinski definition) is 6. The minimum Gasteiger partial charge on any atom is -0.494 e. The smallest absolute Gasteiger partial charge is 0.266 e. The van der Waals surface area contributed by atoms with Crippen molar-refractivity contribution in [3.63, 3.8) is 0 Å². The minimum atomic E-state index is -0.719. The number of carbonyl (C=O) groups excluding carboxylic acids is 1. The summed E-state index contributed by atoms with van der Waals surface area (Å²) in [5.41, 5.74) is 4.44. The van der Waals surface area contributed by atoms with Crippen LogP contribution in [0.25, 0.3) is 11.3 Å². The maximum Gasteiger partial charge on any atom is 0.266 e. The van der Waals surface area contributed by atoms with Gasteiger partial charge in [-0.1, -0.05) is 6.07 Å². The molecular formula is C22H25N3O4. The molecule has 7 heteroatoms. The number of anilines is 1. The Bertz CT molecular complexity index is 1010. The lowest BCUT2D eigenvalue weighted by Gasteiger charge is -2.15. The van der Waals surface area contributed by atoms with E-state index < -0.39 is 6.10 Å². The van der Waals surface area contributed by atoms with E-state index in [1.54, 1.807) is 6.92 Å². The van der Waals surface area contributed by atoms with Gasteiger partial charge in [0, 0.05) is 5.56 Å². The normalized spacial score (nSPS) is 11.8. The summed E-state index contributed by atoms with van der Waals surface area (Å²) >= 11 is 0. The largest absolute Gasteiger partial charge is 0.494 e. The molecule has 1 N–H and O–H groups in total. The molecule has 3 rings (SSSR count). The number of aromatic nitrogens is 2. The van der Waals surface area contributed by atoms with E-state index in [0.29, 0.717) is 18.1 Å². The number of benzene rings is 2. The molecule has 1 heterocycles. The van der Waals surface area contributed by atoms with Crippen LogP contribution in [0.1, 0.15) is 30.5 Å². The molecule has 0 bridgehead atoms. The maximum absolute atomic E-state index is 12.6. The van der Waals surface area contributed by atoms with Crippen LogP contribution in [0.5, 0.6) is 11.5 Å². The number of nitrogens with zero attached hydrogens (tertiary/aromatic N) is 2. The van der Waals surface area contributed by atoms with Gasteiger partial charge in [0.2, 0.25) is 5.82 Å². The maximum atomic E-state index is 12.6. The van der Waals surface area contributed by atoms with Crippen LogP contribution in [-0.2, 0) is 4.79 Å². The molecule has 29 heavy (non-hydrogen) atoms. The lowest BCUT2D eigenvalue weighted by Crippen LogP contribution is -2.30. The molecule has 7 nitrogen and oxygen atoms in total. The van der Waals surface area contributed by atoms with Gasteiger partial charge in [-0.2, -0.15) is 0 Å². The van der Waals surface area contributed by atoms with Gasteiger partial charge in [-0.3, -0.25) is 4.79 Å². The van der Waals surface area contributed by atoms with Crippen LogP contribution in [0.15, 0.2) is 41.0 Å². The molecule has 0 saturated carbocycles. The molecule has 0 aliphatic heterocycles. The molecule has 0 saturated heterocycles. The Hall–Kier alpha value is -3.35. The predicted octanol–water partition coefficient (Wildman–Crippen LogP) is 4.47. The highest BCUT2D eigenvalue weighted by Gasteiger charge is 2.21. The summed E-state index contributed by atoms with van der Waals surface area (Å²) in [4.78, 5) is 12.6. The van der Waals surface area contributed by atoms with Crippen LogP contribution in [0.4, 0.5) is 5.82 Å². The summed E-state index contributed by atoms with van der Waals surface area (Å²) in [5, 5.41) is 10.5. The van der Waals surface area contributed by atoms with Crippen molar-refractivity contribution >= 4 is 11.7 Å². The van der Waals surface area contributed by atoms with Crippen LogP contribution in [0.3, 0.4) is 0 Å². The number of ether oxygens (including phenoxy) is 2. The van der Waals surface area contributed by atoms with Crippen molar-refractivity contribution in [2.75, 3.05) is 11.9 Å². The van der Waals surface area contributed by atoms with E-state index >= 15 is 0 Å². The first-order valence-corrected chi connectivity index (χ1v) is 9.50. The summed E-state index contributed by atoms with van der Waals surface area (Å²) < 4.78 is 16.2. The molecule has 0 fully saturated rings. The molecule has 0 spiro atoms. The third-order valence-electron chi connectivity index (χ3n) is 4.64. The first-order valence-electron chi connectivity index (χ1n) is 9.50. The van der Waals surface area contributed by atoms with Crippen molar-refractivity contribution in [1.29, 1.82) is 0 Å². The molecule has 1 aromatic heterocycles. The number of aryl methyl sites for hydroxylation is 3. The van der Waals surface area contributed by atoms with Gasteiger partial charge >= 0.3 is 0 Å². The highest BCUT2D eigenvalue weighted by molar-refractivity contribution is 5.96. The Morgan fingerprint density at radius 2 is 1.86 bits per heavy atom. The van der Waals surface area contributed by atoms with Crippen molar-refractivity contribution < 1.29 is 18.9 Å². The van der Waals surface area contributed by atoms with E-state index in [0.717, 1.165) is 22.4 Å². The Labute approximate surface area is 170 Å². The van der Waals surface area contributed by atoms with Gasteiger partial charge in [-0.15, -0.1) is 0 Å². The topological polar surface area (TPSA) is 86.5 Å². The van der Waals surface area contributed by atoms with Gasteiger partial charge in [0.1, 0.15) is 11.5 Å². The fraction of sp³-hybridized carbons (Fsp3) is 0.318. The second-order valence-corrected chi connectivity index (χ2v) is 6.87. The Balaban J connectivity index is 1.72. The number of rotatable bonds is 7. The summed E-state index contributed by atoms with van der Waals surface area (Å²) in [5.74, 6) is 1.34. The minimum absolute atomic E-state index is 0.245. The lowest BCUT2D eigenvalue weighted by molar-refractivity contribution is -0.122. The Kier molecular flexibility index (Phi) is 6.16. The zero-order chi connectivity index (χ0) is 21.0. The number of hydrogen-bond donors (Lipinski definition) is 1. The van der Waals surface area contributed by atoms with E-state index in [1.807, 2.05) is 64.1 Å². The van der Waals surface area contributed by atoms with Gasteiger partial charge in [-0.05, 0) is 92.0 Å². The van der Waals surface area contributed by atoms with E-state index in [4.69, 9.17) is 14.1 Å². The van der Waals surface area contributed by atoms with Crippen molar-refractivity contribution in [3.8, 4) is 22.8 Å². The molecule has 1 unspecified atom stereocenters. The number of amides is 1. The zero-order valence-corrected chi connectivity index (χ0v) is 17.3. The van der Waals surface area contributed by atoms with E-state index in [1.165, 1.54) is 5.56 Å². The molecule has 2 aromatic carbocycles. The summed E-state index contributed by atoms with van der Waals surface area (Å²) in [7, 11) is 0. The quantitative estimate of drug-likeness (QED) is 0.635. The average Bonchev–Trinajstić information content (AvgIpc) is 3.14. The zero-order valence-electron chi connectivity index (χ0n) is 17.3. The second kappa shape index (κ2) is 8.77. The molecule has 1 amide bonds. The van der Waals surface area contributed by atoms with Crippen molar-refractivity contribution in [2.45, 2.75) is 40.7 Å². The predicted molar refractivity (Wildman–Crippen MR) is 110 cm³/mol. The fourth-order valence-corrected chi connectivity index (χ4v) is 2.84. The summed E-state index contributed by atoms with van der Waals surface area (Å²) in [6.07, 6.45) is -0.719. The van der Waals surface area contributed by atoms with Gasteiger partial charge in [0.05, 0.1) is 6.61 Å². The monoisotopic (exact) mass is 395 g/mol. The van der Waals surface area contributed by atoms with Crippen molar-refractivity contribution in [1.82, 2.24) is 10.3 Å². The van der Waals surface area contributed by atoms with Crippen LogP contribution < -0.4 is 14.8 Å². The van der Waals surface area contributed by atoms with Gasteiger partial charge in [0.15, 0.2) is 11.8 Å². The van der Waals surface area contributed by atoms with E-state index in [9.17, 15) is 4.79 Å². The average molecular weight is 395 g/mol. The number of nitrogens with one attached hydrogen (secondary N) is 1. The SMILES string of the molecule is CCOc1ccc(-c2nonc2NC(=O)C(C)Oc2ccc(C)c(C)c2)cc1C.